The van der Waals surface area contributed by atoms with Crippen molar-refractivity contribution in [2.75, 3.05) is 26.2 Å². The highest BCUT2D eigenvalue weighted by molar-refractivity contribution is 5.39. The SMILES string of the molecule is Cc1cccc(CN2CCN(Cc3cccc(C)c3O)CC2)c1. The number of benzene rings is 2. The fourth-order valence-electron chi connectivity index (χ4n) is 3.26. The summed E-state index contributed by atoms with van der Waals surface area (Å²) in [5.74, 6) is 0.453. The second-order valence-electron chi connectivity index (χ2n) is 6.62. The molecule has 1 N–H and O–H groups in total. The fourth-order valence-corrected chi connectivity index (χ4v) is 3.26. The highest BCUT2D eigenvalue weighted by atomic mass is 16.3. The molecule has 1 heterocycles. The maximum atomic E-state index is 10.2. The molecule has 122 valence electrons. The Morgan fingerprint density at radius 1 is 0.870 bits per heavy atom. The van der Waals surface area contributed by atoms with E-state index in [-0.39, 0.29) is 0 Å². The molecule has 23 heavy (non-hydrogen) atoms. The van der Waals surface area contributed by atoms with Gasteiger partial charge in [-0.2, -0.15) is 0 Å². The van der Waals surface area contributed by atoms with Crippen LogP contribution in [0, 0.1) is 13.8 Å². The third-order valence-electron chi connectivity index (χ3n) is 4.67. The zero-order chi connectivity index (χ0) is 16.2. The average Bonchev–Trinajstić information content (AvgIpc) is 2.54. The highest BCUT2D eigenvalue weighted by Gasteiger charge is 2.18. The molecule has 0 saturated carbocycles. The van der Waals surface area contributed by atoms with Crippen LogP contribution in [-0.2, 0) is 13.1 Å². The monoisotopic (exact) mass is 310 g/mol. The molecule has 1 saturated heterocycles. The van der Waals surface area contributed by atoms with E-state index in [4.69, 9.17) is 0 Å². The normalized spacial score (nSPS) is 16.6. The molecule has 3 rings (SSSR count). The van der Waals surface area contributed by atoms with Crippen molar-refractivity contribution in [3.05, 3.63) is 64.7 Å². The Morgan fingerprint density at radius 3 is 2.22 bits per heavy atom. The Bertz CT molecular complexity index is 660. The van der Waals surface area contributed by atoms with Crippen molar-refractivity contribution in [3.63, 3.8) is 0 Å². The lowest BCUT2D eigenvalue weighted by Gasteiger charge is -2.35. The van der Waals surface area contributed by atoms with Crippen LogP contribution in [0.1, 0.15) is 22.3 Å². The van der Waals surface area contributed by atoms with Gasteiger partial charge in [-0.1, -0.05) is 48.0 Å². The second-order valence-corrected chi connectivity index (χ2v) is 6.62. The summed E-state index contributed by atoms with van der Waals surface area (Å²) >= 11 is 0. The number of piperazine rings is 1. The smallest absolute Gasteiger partial charge is 0.122 e. The van der Waals surface area contributed by atoms with Crippen LogP contribution in [0.25, 0.3) is 0 Å². The van der Waals surface area contributed by atoms with E-state index in [1.54, 1.807) is 0 Å². The lowest BCUT2D eigenvalue weighted by Crippen LogP contribution is -2.45. The van der Waals surface area contributed by atoms with E-state index in [0.717, 1.165) is 50.4 Å². The van der Waals surface area contributed by atoms with Crippen molar-refractivity contribution in [3.8, 4) is 5.75 Å². The minimum absolute atomic E-state index is 0.453. The van der Waals surface area contributed by atoms with Crippen LogP contribution in [-0.4, -0.2) is 41.1 Å². The molecular formula is C20H26N2O. The van der Waals surface area contributed by atoms with E-state index in [9.17, 15) is 5.11 Å². The molecular weight excluding hydrogens is 284 g/mol. The molecule has 0 bridgehead atoms. The topological polar surface area (TPSA) is 26.7 Å². The number of rotatable bonds is 4. The zero-order valence-electron chi connectivity index (χ0n) is 14.1. The maximum absolute atomic E-state index is 10.2. The molecule has 0 radical (unpaired) electrons. The van der Waals surface area contributed by atoms with Gasteiger partial charge in [0, 0.05) is 44.8 Å². The van der Waals surface area contributed by atoms with E-state index < -0.39 is 0 Å². The fraction of sp³-hybridized carbons (Fsp3) is 0.400. The van der Waals surface area contributed by atoms with Crippen molar-refractivity contribution in [1.29, 1.82) is 0 Å². The molecule has 2 aromatic carbocycles. The third-order valence-corrected chi connectivity index (χ3v) is 4.67. The van der Waals surface area contributed by atoms with Gasteiger partial charge >= 0.3 is 0 Å². The lowest BCUT2D eigenvalue weighted by atomic mass is 10.1. The van der Waals surface area contributed by atoms with Crippen LogP contribution in [0.15, 0.2) is 42.5 Å². The molecule has 0 aliphatic carbocycles. The molecule has 3 heteroatoms. The summed E-state index contributed by atoms with van der Waals surface area (Å²) < 4.78 is 0. The summed E-state index contributed by atoms with van der Waals surface area (Å²) in [6, 6.07) is 14.8. The molecule has 0 amide bonds. The van der Waals surface area contributed by atoms with Gasteiger partial charge in [0.15, 0.2) is 0 Å². The number of aryl methyl sites for hydroxylation is 2. The van der Waals surface area contributed by atoms with Crippen molar-refractivity contribution < 1.29 is 5.11 Å². The number of hydrogen-bond acceptors (Lipinski definition) is 3. The Morgan fingerprint density at radius 2 is 1.52 bits per heavy atom. The van der Waals surface area contributed by atoms with Gasteiger partial charge in [0.2, 0.25) is 0 Å². The van der Waals surface area contributed by atoms with Crippen LogP contribution in [0.3, 0.4) is 0 Å². The molecule has 3 nitrogen and oxygen atoms in total. The van der Waals surface area contributed by atoms with Gasteiger partial charge in [-0.25, -0.2) is 0 Å². The van der Waals surface area contributed by atoms with Gasteiger partial charge in [-0.15, -0.1) is 0 Å². The average molecular weight is 310 g/mol. The Labute approximate surface area is 139 Å². The van der Waals surface area contributed by atoms with Crippen molar-refractivity contribution in [1.82, 2.24) is 9.80 Å². The summed E-state index contributed by atoms with van der Waals surface area (Å²) in [5, 5.41) is 10.2. The van der Waals surface area contributed by atoms with Gasteiger partial charge in [-0.05, 0) is 25.0 Å². The maximum Gasteiger partial charge on any atom is 0.122 e. The number of phenolic OH excluding ortho intramolecular Hbond substituents is 1. The van der Waals surface area contributed by atoms with Crippen molar-refractivity contribution in [2.45, 2.75) is 26.9 Å². The summed E-state index contributed by atoms with van der Waals surface area (Å²) in [4.78, 5) is 4.95. The first-order chi connectivity index (χ1) is 11.1. The molecule has 1 aliphatic rings. The molecule has 0 atom stereocenters. The van der Waals surface area contributed by atoms with Crippen molar-refractivity contribution in [2.24, 2.45) is 0 Å². The quantitative estimate of drug-likeness (QED) is 0.938. The van der Waals surface area contributed by atoms with E-state index >= 15 is 0 Å². The van der Waals surface area contributed by atoms with E-state index in [1.807, 2.05) is 25.1 Å². The Hall–Kier alpha value is -1.84. The predicted octanol–water partition coefficient (Wildman–Crippen LogP) is 3.33. The molecule has 2 aromatic rings. The second kappa shape index (κ2) is 7.16. The summed E-state index contributed by atoms with van der Waals surface area (Å²) in [6.45, 7) is 10.3. The van der Waals surface area contributed by atoms with E-state index in [2.05, 4.69) is 41.0 Å². The Kier molecular flexibility index (Phi) is 4.99. The van der Waals surface area contributed by atoms with E-state index in [1.165, 1.54) is 11.1 Å². The molecule has 1 fully saturated rings. The number of aromatic hydroxyl groups is 1. The van der Waals surface area contributed by atoms with E-state index in [0.29, 0.717) is 5.75 Å². The predicted molar refractivity (Wildman–Crippen MR) is 94.6 cm³/mol. The first-order valence-corrected chi connectivity index (χ1v) is 8.39. The summed E-state index contributed by atoms with van der Waals surface area (Å²) in [7, 11) is 0. The molecule has 0 spiro atoms. The standard InChI is InChI=1S/C20H26N2O/c1-16-5-3-7-18(13-16)14-21-9-11-22(12-10-21)15-19-8-4-6-17(2)20(19)23/h3-8,13,23H,9-12,14-15H2,1-2H3. The third kappa shape index (κ3) is 4.12. The minimum Gasteiger partial charge on any atom is -0.507 e. The number of para-hydroxylation sites is 1. The van der Waals surface area contributed by atoms with Gasteiger partial charge < -0.3 is 5.11 Å². The Balaban J connectivity index is 1.53. The zero-order valence-corrected chi connectivity index (χ0v) is 14.1. The van der Waals surface area contributed by atoms with Crippen LogP contribution >= 0.6 is 0 Å². The van der Waals surface area contributed by atoms with Crippen LogP contribution in [0.4, 0.5) is 0 Å². The lowest BCUT2D eigenvalue weighted by molar-refractivity contribution is 0.121. The largest absolute Gasteiger partial charge is 0.507 e. The van der Waals surface area contributed by atoms with Crippen LogP contribution < -0.4 is 0 Å². The van der Waals surface area contributed by atoms with Gasteiger partial charge in [0.05, 0.1) is 0 Å². The number of nitrogens with zero attached hydrogens (tertiary/aromatic N) is 2. The molecule has 0 unspecified atom stereocenters. The minimum atomic E-state index is 0.453. The molecule has 0 aromatic heterocycles. The van der Waals surface area contributed by atoms with Crippen LogP contribution in [0.2, 0.25) is 0 Å². The summed E-state index contributed by atoms with van der Waals surface area (Å²) in [5.41, 5.74) is 4.73. The van der Waals surface area contributed by atoms with Crippen LogP contribution in [0.5, 0.6) is 5.75 Å². The number of phenols is 1. The van der Waals surface area contributed by atoms with Gasteiger partial charge in [0.1, 0.15) is 5.75 Å². The van der Waals surface area contributed by atoms with Crippen molar-refractivity contribution >= 4 is 0 Å². The summed E-state index contributed by atoms with van der Waals surface area (Å²) in [6.07, 6.45) is 0. The van der Waals surface area contributed by atoms with Gasteiger partial charge in [0.25, 0.3) is 0 Å². The van der Waals surface area contributed by atoms with Gasteiger partial charge in [-0.3, -0.25) is 9.80 Å². The number of hydrogen-bond donors (Lipinski definition) is 1. The highest BCUT2D eigenvalue weighted by Crippen LogP contribution is 2.23. The first-order valence-electron chi connectivity index (χ1n) is 8.39. The molecule has 1 aliphatic heterocycles. The first kappa shape index (κ1) is 16.0.